The van der Waals surface area contributed by atoms with Crippen LogP contribution in [0, 0.1) is 5.92 Å². The maximum absolute atomic E-state index is 11.9. The van der Waals surface area contributed by atoms with Gasteiger partial charge >= 0.3 is 5.97 Å². The molecule has 1 aliphatic carbocycles. The number of carboxylic acids is 1. The van der Waals surface area contributed by atoms with E-state index in [2.05, 4.69) is 10.5 Å². The van der Waals surface area contributed by atoms with Crippen molar-refractivity contribution in [2.75, 3.05) is 33.0 Å². The maximum atomic E-state index is 11.9. The molecule has 0 saturated carbocycles. The van der Waals surface area contributed by atoms with Crippen molar-refractivity contribution in [3.05, 3.63) is 29.3 Å². The van der Waals surface area contributed by atoms with Crippen LogP contribution in [0.2, 0.25) is 0 Å². The molecule has 0 aromatic heterocycles. The highest BCUT2D eigenvalue weighted by atomic mass is 16.5. The number of amides is 3. The molecule has 1 aromatic carbocycles. The van der Waals surface area contributed by atoms with Crippen LogP contribution in [0.3, 0.4) is 0 Å². The molecule has 3 rings (SSSR count). The molecule has 0 spiro atoms. The van der Waals surface area contributed by atoms with Crippen molar-refractivity contribution in [1.29, 1.82) is 0 Å². The number of carbonyl (C=O) groups is 4. The molecule has 11 nitrogen and oxygen atoms in total. The third-order valence-electron chi connectivity index (χ3n) is 5.99. The molecule has 1 heterocycles. The van der Waals surface area contributed by atoms with Gasteiger partial charge in [-0.3, -0.25) is 19.3 Å². The number of nitrogens with zero attached hydrogens (tertiary/aromatic N) is 2. The molecule has 0 bridgehead atoms. The maximum Gasteiger partial charge on any atom is 0.329 e. The van der Waals surface area contributed by atoms with Gasteiger partial charge in [0.15, 0.2) is 6.04 Å². The lowest BCUT2D eigenvalue weighted by molar-refractivity contribution is -0.157. The zero-order chi connectivity index (χ0) is 26.8. The summed E-state index contributed by atoms with van der Waals surface area (Å²) in [4.78, 5) is 47.6. The number of benzene rings is 1. The molecular weight excluding hydrogens is 482 g/mol. The van der Waals surface area contributed by atoms with E-state index < -0.39 is 23.8 Å². The Morgan fingerprint density at radius 3 is 2.43 bits per heavy atom. The summed E-state index contributed by atoms with van der Waals surface area (Å²) in [5, 5.41) is 13.7. The number of aryl methyl sites for hydroxylation is 1. The second-order valence-corrected chi connectivity index (χ2v) is 9.41. The minimum atomic E-state index is -1.32. The Bertz CT molecular complexity index is 1010. The molecule has 1 saturated heterocycles. The Labute approximate surface area is 216 Å². The molecule has 1 atom stereocenters. The van der Waals surface area contributed by atoms with Gasteiger partial charge in [0.2, 0.25) is 17.7 Å². The number of carboxylic acid groups (broad SMARTS) is 1. The van der Waals surface area contributed by atoms with E-state index in [1.165, 1.54) is 0 Å². The minimum Gasteiger partial charge on any atom is -0.491 e. The largest absolute Gasteiger partial charge is 0.491 e. The van der Waals surface area contributed by atoms with Crippen LogP contribution in [0.15, 0.2) is 23.3 Å². The minimum absolute atomic E-state index is 0.0291. The van der Waals surface area contributed by atoms with Gasteiger partial charge < -0.3 is 19.3 Å². The summed E-state index contributed by atoms with van der Waals surface area (Å²) in [6.45, 7) is 4.65. The quantitative estimate of drug-likeness (QED) is 0.216. The van der Waals surface area contributed by atoms with E-state index in [0.29, 0.717) is 25.4 Å². The number of likely N-dealkylation sites (tertiary alicyclic amines) is 1. The van der Waals surface area contributed by atoms with Gasteiger partial charge in [0.25, 0.3) is 0 Å². The number of hydrazone groups is 1. The zero-order valence-electron chi connectivity index (χ0n) is 21.4. The van der Waals surface area contributed by atoms with E-state index in [1.54, 1.807) is 0 Å². The summed E-state index contributed by atoms with van der Waals surface area (Å²) >= 11 is 0. The molecule has 1 fully saturated rings. The van der Waals surface area contributed by atoms with E-state index in [-0.39, 0.29) is 44.5 Å². The van der Waals surface area contributed by atoms with Gasteiger partial charge in [0, 0.05) is 24.8 Å². The van der Waals surface area contributed by atoms with Gasteiger partial charge in [0.05, 0.1) is 32.1 Å². The van der Waals surface area contributed by atoms with Gasteiger partial charge in [0.1, 0.15) is 12.4 Å². The number of ether oxygens (including phenoxy) is 3. The lowest BCUT2D eigenvalue weighted by Gasteiger charge is -2.22. The number of nitrogens with one attached hydrogen (secondary N) is 1. The summed E-state index contributed by atoms with van der Waals surface area (Å²) in [7, 11) is 0. The fourth-order valence-electron chi connectivity index (χ4n) is 4.22. The summed E-state index contributed by atoms with van der Waals surface area (Å²) in [6.07, 6.45) is 3.16. The van der Waals surface area contributed by atoms with E-state index in [0.717, 1.165) is 41.0 Å². The van der Waals surface area contributed by atoms with Crippen LogP contribution < -0.4 is 10.2 Å². The number of rotatable bonds is 14. The first kappa shape index (κ1) is 28.3. The van der Waals surface area contributed by atoms with E-state index in [4.69, 9.17) is 14.2 Å². The van der Waals surface area contributed by atoms with Crippen molar-refractivity contribution in [1.82, 2.24) is 10.3 Å². The van der Waals surface area contributed by atoms with Crippen LogP contribution in [0.25, 0.3) is 0 Å². The predicted molar refractivity (Wildman–Crippen MR) is 133 cm³/mol. The topological polar surface area (TPSA) is 144 Å². The van der Waals surface area contributed by atoms with E-state index >= 15 is 0 Å². The van der Waals surface area contributed by atoms with Crippen LogP contribution in [0.1, 0.15) is 57.1 Å². The Balaban J connectivity index is 1.36. The number of fused-ring (bicyclic) bond motifs is 1. The summed E-state index contributed by atoms with van der Waals surface area (Å²) in [5.74, 6) is -1.36. The number of aliphatic carboxylic acids is 1. The first-order valence-corrected chi connectivity index (χ1v) is 12.6. The van der Waals surface area contributed by atoms with Gasteiger partial charge in [-0.25, -0.2) is 10.2 Å². The molecule has 1 aliphatic heterocycles. The van der Waals surface area contributed by atoms with Gasteiger partial charge in [-0.05, 0) is 48.9 Å². The third-order valence-corrected chi connectivity index (χ3v) is 5.99. The molecule has 202 valence electrons. The third kappa shape index (κ3) is 8.36. The van der Waals surface area contributed by atoms with Crippen molar-refractivity contribution in [3.8, 4) is 5.75 Å². The van der Waals surface area contributed by atoms with Gasteiger partial charge in [-0.1, -0.05) is 13.8 Å². The normalized spacial score (nSPS) is 17.3. The van der Waals surface area contributed by atoms with Crippen molar-refractivity contribution in [2.45, 2.75) is 58.4 Å². The lowest BCUT2D eigenvalue weighted by atomic mass is 9.90. The number of imide groups is 1. The number of hydrogen-bond acceptors (Lipinski definition) is 8. The smallest absolute Gasteiger partial charge is 0.329 e. The Morgan fingerprint density at radius 1 is 1.03 bits per heavy atom. The summed E-state index contributed by atoms with van der Waals surface area (Å²) in [6, 6.07) is 4.49. The van der Waals surface area contributed by atoms with Crippen LogP contribution in [0.4, 0.5) is 0 Å². The highest BCUT2D eigenvalue weighted by molar-refractivity contribution is 6.05. The molecular formula is C26H35N3O8. The van der Waals surface area contributed by atoms with Crippen molar-refractivity contribution in [3.63, 3.8) is 0 Å². The Hall–Kier alpha value is -3.31. The van der Waals surface area contributed by atoms with Crippen molar-refractivity contribution in [2.24, 2.45) is 11.0 Å². The molecule has 1 unspecified atom stereocenters. The summed E-state index contributed by atoms with van der Waals surface area (Å²) in [5.41, 5.74) is 5.68. The number of hydrogen-bond donors (Lipinski definition) is 2. The molecule has 2 N–H and O–H groups in total. The van der Waals surface area contributed by atoms with Crippen LogP contribution in [0.5, 0.6) is 5.75 Å². The van der Waals surface area contributed by atoms with Crippen LogP contribution in [-0.4, -0.2) is 78.5 Å². The first-order chi connectivity index (χ1) is 17.8. The van der Waals surface area contributed by atoms with Crippen molar-refractivity contribution >= 4 is 29.4 Å². The first-order valence-electron chi connectivity index (χ1n) is 12.6. The molecule has 1 aromatic rings. The molecule has 3 amide bonds. The molecule has 0 radical (unpaired) electrons. The highest BCUT2D eigenvalue weighted by Crippen LogP contribution is 2.26. The average molecular weight is 518 g/mol. The highest BCUT2D eigenvalue weighted by Gasteiger charge is 2.38. The summed E-state index contributed by atoms with van der Waals surface area (Å²) < 4.78 is 16.6. The zero-order valence-corrected chi connectivity index (χ0v) is 21.4. The predicted octanol–water partition coefficient (Wildman–Crippen LogP) is 1.90. The molecule has 2 aliphatic rings. The van der Waals surface area contributed by atoms with E-state index in [9.17, 15) is 24.3 Å². The lowest BCUT2D eigenvalue weighted by Crippen LogP contribution is -2.47. The van der Waals surface area contributed by atoms with Crippen molar-refractivity contribution < 1.29 is 38.5 Å². The monoisotopic (exact) mass is 517 g/mol. The average Bonchev–Trinajstić information content (AvgIpc) is 3.18. The molecule has 11 heteroatoms. The van der Waals surface area contributed by atoms with E-state index in [1.807, 2.05) is 32.0 Å². The Morgan fingerprint density at radius 2 is 1.73 bits per heavy atom. The fourth-order valence-corrected chi connectivity index (χ4v) is 4.22. The second-order valence-electron chi connectivity index (χ2n) is 9.41. The van der Waals surface area contributed by atoms with Crippen LogP contribution >= 0.6 is 0 Å². The Kier molecular flexibility index (Phi) is 10.6. The van der Waals surface area contributed by atoms with Crippen LogP contribution in [-0.2, 0) is 35.1 Å². The SMILES string of the molecule is CC(C)CC(=O)N/N=C1/CCCc2cc(OCCOCCOCC(C(=O)O)N3C(=O)CCC3=O)ccc21. The number of carbonyl (C=O) groups excluding carboxylic acids is 3. The molecule has 37 heavy (non-hydrogen) atoms. The second kappa shape index (κ2) is 13.8. The van der Waals surface area contributed by atoms with Gasteiger partial charge in [-0.15, -0.1) is 0 Å². The van der Waals surface area contributed by atoms with Gasteiger partial charge in [-0.2, -0.15) is 5.10 Å². The standard InChI is InChI=1S/C26H35N3O8/c1-17(2)14-23(30)28-27-21-5-3-4-18-15-19(6-7-20(18)21)37-13-12-35-10-11-36-16-22(26(33)34)29-24(31)8-9-25(29)32/h6-7,15,17,22H,3-5,8-14,16H2,1-2H3,(H,28,30)(H,33,34)/b27-21-. The fraction of sp³-hybridized carbons (Fsp3) is 0.577.